The number of rotatable bonds is 7. The van der Waals surface area contributed by atoms with Gasteiger partial charge in [0.1, 0.15) is 0 Å². The van der Waals surface area contributed by atoms with Crippen LogP contribution in [0.25, 0.3) is 0 Å². The van der Waals surface area contributed by atoms with E-state index in [0.717, 1.165) is 6.54 Å². The normalized spacial score (nSPS) is 15.9. The molecule has 0 aliphatic carbocycles. The predicted molar refractivity (Wildman–Crippen MR) is 53.4 cm³/mol. The highest BCUT2D eigenvalue weighted by atomic mass is 19.3. The van der Waals surface area contributed by atoms with Crippen molar-refractivity contribution in [1.82, 2.24) is 4.90 Å². The Labute approximate surface area is 84.5 Å². The molecule has 0 rings (SSSR count). The fourth-order valence-electron chi connectivity index (χ4n) is 1.13. The third-order valence-electron chi connectivity index (χ3n) is 2.14. The summed E-state index contributed by atoms with van der Waals surface area (Å²) < 4.78 is 27.6. The van der Waals surface area contributed by atoms with Gasteiger partial charge in [-0.25, -0.2) is 0 Å². The summed E-state index contributed by atoms with van der Waals surface area (Å²) in [6.45, 7) is 5.71. The molecule has 0 heterocycles. The number of likely N-dealkylation sites (N-methyl/N-ethyl adjacent to an activating group) is 1. The van der Waals surface area contributed by atoms with Gasteiger partial charge in [-0.1, -0.05) is 13.0 Å². The lowest BCUT2D eigenvalue weighted by molar-refractivity contribution is -0.138. The average molecular weight is 207 g/mol. The molecule has 2 atom stereocenters. The first kappa shape index (κ1) is 13.5. The largest absolute Gasteiger partial charge is 0.345 e. The van der Waals surface area contributed by atoms with Gasteiger partial charge in [-0.3, -0.25) is 4.90 Å². The molecule has 2 unspecified atom stereocenters. The van der Waals surface area contributed by atoms with E-state index in [1.54, 1.807) is 0 Å². The summed E-state index contributed by atoms with van der Waals surface area (Å²) in [4.78, 5) is 2.05. The summed E-state index contributed by atoms with van der Waals surface area (Å²) >= 11 is 0. The van der Waals surface area contributed by atoms with Gasteiger partial charge in [-0.05, 0) is 19.9 Å². The van der Waals surface area contributed by atoms with E-state index in [4.69, 9.17) is 0 Å². The second kappa shape index (κ2) is 6.90. The minimum absolute atomic E-state index is 0.0892. The van der Waals surface area contributed by atoms with Crippen molar-refractivity contribution >= 4 is 0 Å². The third kappa shape index (κ3) is 6.05. The lowest BCUT2D eigenvalue weighted by atomic mass is 10.1. The standard InChI is InChI=1S/C10H19F2NO/c1-5-9(3)13(4)6-8(2)7-14-10(11)12/h5,8-10H,1,6-7H2,2-4H3. The van der Waals surface area contributed by atoms with Gasteiger partial charge in [0.2, 0.25) is 0 Å². The highest BCUT2D eigenvalue weighted by molar-refractivity contribution is 4.82. The first-order chi connectivity index (χ1) is 6.47. The van der Waals surface area contributed by atoms with Crippen molar-refractivity contribution < 1.29 is 13.5 Å². The Balaban J connectivity index is 3.70. The lowest BCUT2D eigenvalue weighted by Crippen LogP contribution is -2.33. The van der Waals surface area contributed by atoms with E-state index in [1.807, 2.05) is 31.9 Å². The molecule has 0 saturated heterocycles. The third-order valence-corrected chi connectivity index (χ3v) is 2.14. The monoisotopic (exact) mass is 207 g/mol. The summed E-state index contributed by atoms with van der Waals surface area (Å²) in [6, 6.07) is 0.254. The molecule has 0 saturated carbocycles. The summed E-state index contributed by atoms with van der Waals surface area (Å²) in [5.74, 6) is 0.0939. The van der Waals surface area contributed by atoms with Gasteiger partial charge in [0.05, 0.1) is 6.61 Å². The SMILES string of the molecule is C=CC(C)N(C)CC(C)COC(F)F. The molecule has 0 N–H and O–H groups in total. The van der Waals surface area contributed by atoms with Gasteiger partial charge in [-0.2, -0.15) is 8.78 Å². The Bertz CT molecular complexity index is 164. The van der Waals surface area contributed by atoms with Gasteiger partial charge in [0.25, 0.3) is 0 Å². The molecule has 0 aromatic heterocycles. The number of hydrogen-bond acceptors (Lipinski definition) is 2. The number of nitrogens with zero attached hydrogens (tertiary/aromatic N) is 1. The van der Waals surface area contributed by atoms with Crippen molar-refractivity contribution in [1.29, 1.82) is 0 Å². The van der Waals surface area contributed by atoms with Gasteiger partial charge >= 0.3 is 6.61 Å². The second-order valence-electron chi connectivity index (χ2n) is 3.62. The maximum Gasteiger partial charge on any atom is 0.345 e. The molecule has 0 fully saturated rings. The number of ether oxygens (including phenoxy) is 1. The fraction of sp³-hybridized carbons (Fsp3) is 0.800. The Hall–Kier alpha value is -0.480. The Morgan fingerprint density at radius 1 is 1.43 bits per heavy atom. The average Bonchev–Trinajstić information content (AvgIpc) is 2.13. The maximum atomic E-state index is 11.7. The first-order valence-corrected chi connectivity index (χ1v) is 4.70. The Morgan fingerprint density at radius 3 is 2.43 bits per heavy atom. The lowest BCUT2D eigenvalue weighted by Gasteiger charge is -2.25. The van der Waals surface area contributed by atoms with Crippen molar-refractivity contribution in [3.63, 3.8) is 0 Å². The van der Waals surface area contributed by atoms with Crippen molar-refractivity contribution in [2.24, 2.45) is 5.92 Å². The molecule has 14 heavy (non-hydrogen) atoms. The highest BCUT2D eigenvalue weighted by Gasteiger charge is 2.12. The quantitative estimate of drug-likeness (QED) is 0.594. The van der Waals surface area contributed by atoms with Crippen molar-refractivity contribution in [3.05, 3.63) is 12.7 Å². The van der Waals surface area contributed by atoms with E-state index in [1.165, 1.54) is 0 Å². The summed E-state index contributed by atoms with van der Waals surface area (Å²) in [7, 11) is 1.94. The Morgan fingerprint density at radius 2 is 2.00 bits per heavy atom. The van der Waals surface area contributed by atoms with Crippen LogP contribution in [0, 0.1) is 5.92 Å². The minimum Gasteiger partial charge on any atom is -0.323 e. The zero-order valence-corrected chi connectivity index (χ0v) is 9.04. The molecule has 0 bridgehead atoms. The van der Waals surface area contributed by atoms with Crippen LogP contribution in [0.1, 0.15) is 13.8 Å². The summed E-state index contributed by atoms with van der Waals surface area (Å²) in [5, 5.41) is 0. The summed E-state index contributed by atoms with van der Waals surface area (Å²) in [5.41, 5.74) is 0. The van der Waals surface area contributed by atoms with Crippen LogP contribution in [-0.4, -0.2) is 37.8 Å². The highest BCUT2D eigenvalue weighted by Crippen LogP contribution is 2.05. The minimum atomic E-state index is -2.67. The fourth-order valence-corrected chi connectivity index (χ4v) is 1.13. The van der Waals surface area contributed by atoms with Crippen LogP contribution in [0.5, 0.6) is 0 Å². The molecule has 0 spiro atoms. The zero-order valence-electron chi connectivity index (χ0n) is 9.04. The molecule has 2 nitrogen and oxygen atoms in total. The molecule has 0 aromatic rings. The van der Waals surface area contributed by atoms with Gasteiger partial charge in [0.15, 0.2) is 0 Å². The van der Waals surface area contributed by atoms with Crippen molar-refractivity contribution in [2.45, 2.75) is 26.5 Å². The van der Waals surface area contributed by atoms with Crippen LogP contribution in [-0.2, 0) is 4.74 Å². The second-order valence-corrected chi connectivity index (χ2v) is 3.62. The van der Waals surface area contributed by atoms with E-state index in [9.17, 15) is 8.78 Å². The molecule has 4 heteroatoms. The molecule has 0 aromatic carbocycles. The number of hydrogen-bond donors (Lipinski definition) is 0. The summed E-state index contributed by atoms with van der Waals surface area (Å²) in [6.07, 6.45) is 1.82. The first-order valence-electron chi connectivity index (χ1n) is 4.70. The molecule has 84 valence electrons. The van der Waals surface area contributed by atoms with E-state index in [-0.39, 0.29) is 18.6 Å². The van der Waals surface area contributed by atoms with Crippen LogP contribution >= 0.6 is 0 Å². The van der Waals surface area contributed by atoms with Crippen LogP contribution in [0.4, 0.5) is 8.78 Å². The molecular weight excluding hydrogens is 188 g/mol. The zero-order chi connectivity index (χ0) is 11.1. The van der Waals surface area contributed by atoms with E-state index >= 15 is 0 Å². The van der Waals surface area contributed by atoms with Crippen LogP contribution in [0.3, 0.4) is 0 Å². The van der Waals surface area contributed by atoms with Gasteiger partial charge in [-0.15, -0.1) is 6.58 Å². The van der Waals surface area contributed by atoms with E-state index in [0.29, 0.717) is 0 Å². The number of alkyl halides is 2. The molecule has 0 amide bonds. The van der Waals surface area contributed by atoms with Gasteiger partial charge < -0.3 is 4.74 Å². The molecular formula is C10H19F2NO. The van der Waals surface area contributed by atoms with E-state index in [2.05, 4.69) is 11.3 Å². The van der Waals surface area contributed by atoms with Gasteiger partial charge in [0, 0.05) is 12.6 Å². The smallest absolute Gasteiger partial charge is 0.323 e. The van der Waals surface area contributed by atoms with E-state index < -0.39 is 6.61 Å². The predicted octanol–water partition coefficient (Wildman–Crippen LogP) is 2.37. The number of halogens is 2. The maximum absolute atomic E-state index is 11.7. The topological polar surface area (TPSA) is 12.5 Å². The van der Waals surface area contributed by atoms with Crippen molar-refractivity contribution in [2.75, 3.05) is 20.2 Å². The Kier molecular flexibility index (Phi) is 6.66. The molecule has 0 radical (unpaired) electrons. The molecule has 0 aliphatic heterocycles. The van der Waals surface area contributed by atoms with Crippen LogP contribution in [0.2, 0.25) is 0 Å². The van der Waals surface area contributed by atoms with Crippen molar-refractivity contribution in [3.8, 4) is 0 Å². The van der Waals surface area contributed by atoms with Crippen LogP contribution < -0.4 is 0 Å². The molecule has 0 aliphatic rings. The van der Waals surface area contributed by atoms with Crippen LogP contribution in [0.15, 0.2) is 12.7 Å².